The molecule has 2 heterocycles. The lowest BCUT2D eigenvalue weighted by molar-refractivity contribution is -0.114. The molecule has 1 N–H and O–H groups in total. The van der Waals surface area contributed by atoms with Crippen LogP contribution in [0.2, 0.25) is 0 Å². The van der Waals surface area contributed by atoms with Crippen LogP contribution in [0.4, 0.5) is 0 Å². The zero-order chi connectivity index (χ0) is 24.4. The molecule has 0 bridgehead atoms. The summed E-state index contributed by atoms with van der Waals surface area (Å²) in [6, 6.07) is 23.2. The van der Waals surface area contributed by atoms with Crippen molar-refractivity contribution in [2.45, 2.75) is 6.61 Å². The van der Waals surface area contributed by atoms with Crippen molar-refractivity contribution in [2.75, 3.05) is 7.11 Å². The number of ether oxygens (including phenoxy) is 2. The molecule has 1 amide bonds. The summed E-state index contributed by atoms with van der Waals surface area (Å²) in [6.07, 6.45) is 1.66. The first-order valence-corrected chi connectivity index (χ1v) is 12.4. The molecule has 3 aromatic carbocycles. The number of fused-ring (bicyclic) bond motifs is 1. The number of amides is 1. The van der Waals surface area contributed by atoms with Gasteiger partial charge in [0.25, 0.3) is 5.91 Å². The van der Waals surface area contributed by atoms with E-state index in [0.29, 0.717) is 33.3 Å². The number of halogens is 1. The number of benzene rings is 3. The Balaban J connectivity index is 1.45. The van der Waals surface area contributed by atoms with Gasteiger partial charge in [-0.2, -0.15) is 4.99 Å². The van der Waals surface area contributed by atoms with E-state index in [1.807, 2.05) is 72.1 Å². The standard InChI is InChI=1S/C27H20BrN3O3S/c1-33-23-14-18(13-21(28)24(23)34-15-17-8-4-2-5-9-17)12-20-25(29)31-22(19-10-6-3-7-11-19)16-35-27(31)30-26(20)32/h2-14,16,29H,15H2,1H3/b20-12-,29-25?. The summed E-state index contributed by atoms with van der Waals surface area (Å²) in [5.74, 6) is 0.715. The number of carbonyl (C=O) groups excluding carboxylic acids is 1. The fourth-order valence-electron chi connectivity index (χ4n) is 3.77. The molecule has 0 spiro atoms. The molecular formula is C27H20BrN3O3S. The summed E-state index contributed by atoms with van der Waals surface area (Å²) in [5, 5.41) is 11.2. The Morgan fingerprint density at radius 3 is 2.51 bits per heavy atom. The molecule has 5 rings (SSSR count). The number of methoxy groups -OCH3 is 1. The van der Waals surface area contributed by atoms with Crippen LogP contribution in [-0.4, -0.2) is 28.9 Å². The smallest absolute Gasteiger partial charge is 0.283 e. The van der Waals surface area contributed by atoms with Gasteiger partial charge in [0, 0.05) is 5.41 Å². The maximum absolute atomic E-state index is 12.8. The molecule has 3 aromatic rings. The third kappa shape index (κ3) is 4.67. The lowest BCUT2D eigenvalue weighted by Crippen LogP contribution is -2.38. The van der Waals surface area contributed by atoms with Crippen LogP contribution in [0.25, 0.3) is 11.8 Å². The summed E-state index contributed by atoms with van der Waals surface area (Å²) in [5.41, 5.74) is 3.69. The Morgan fingerprint density at radius 2 is 1.80 bits per heavy atom. The van der Waals surface area contributed by atoms with Crippen molar-refractivity contribution >= 4 is 56.4 Å². The largest absolute Gasteiger partial charge is 0.493 e. The van der Waals surface area contributed by atoms with E-state index in [-0.39, 0.29) is 11.4 Å². The van der Waals surface area contributed by atoms with Gasteiger partial charge in [-0.25, -0.2) is 0 Å². The summed E-state index contributed by atoms with van der Waals surface area (Å²) < 4.78 is 12.3. The number of carbonyl (C=O) groups is 1. The van der Waals surface area contributed by atoms with E-state index in [1.165, 1.54) is 11.8 Å². The van der Waals surface area contributed by atoms with Crippen LogP contribution in [0, 0.1) is 5.41 Å². The van der Waals surface area contributed by atoms with Crippen LogP contribution in [0.15, 0.2) is 93.2 Å². The van der Waals surface area contributed by atoms with Crippen molar-refractivity contribution in [2.24, 2.45) is 4.99 Å². The molecule has 0 aromatic heterocycles. The fraction of sp³-hybridized carbons (Fsp3) is 0.0741. The molecule has 0 atom stereocenters. The minimum absolute atomic E-state index is 0.0830. The molecule has 0 saturated carbocycles. The Morgan fingerprint density at radius 1 is 1.09 bits per heavy atom. The van der Waals surface area contributed by atoms with Crippen molar-refractivity contribution < 1.29 is 14.3 Å². The zero-order valence-electron chi connectivity index (χ0n) is 18.7. The van der Waals surface area contributed by atoms with E-state index in [1.54, 1.807) is 24.2 Å². The number of hydrogen-bond donors (Lipinski definition) is 1. The highest BCUT2D eigenvalue weighted by molar-refractivity contribution is 9.10. The van der Waals surface area contributed by atoms with Crippen LogP contribution in [0.5, 0.6) is 11.5 Å². The van der Waals surface area contributed by atoms with Crippen molar-refractivity contribution in [3.05, 3.63) is 105 Å². The normalized spacial score (nSPS) is 16.2. The lowest BCUT2D eigenvalue weighted by Gasteiger charge is -2.27. The predicted molar refractivity (Wildman–Crippen MR) is 143 cm³/mol. The van der Waals surface area contributed by atoms with Gasteiger partial charge in [-0.15, -0.1) is 0 Å². The maximum atomic E-state index is 12.8. The average Bonchev–Trinajstić information content (AvgIpc) is 3.30. The van der Waals surface area contributed by atoms with Crippen molar-refractivity contribution in [3.8, 4) is 11.5 Å². The highest BCUT2D eigenvalue weighted by Gasteiger charge is 2.36. The molecular weight excluding hydrogens is 526 g/mol. The van der Waals surface area contributed by atoms with Gasteiger partial charge in [0.15, 0.2) is 16.7 Å². The van der Waals surface area contributed by atoms with Crippen LogP contribution >= 0.6 is 27.7 Å². The third-order valence-corrected chi connectivity index (χ3v) is 6.89. The Hall–Kier alpha value is -3.62. The van der Waals surface area contributed by atoms with E-state index < -0.39 is 5.91 Å². The van der Waals surface area contributed by atoms with E-state index in [4.69, 9.17) is 14.9 Å². The van der Waals surface area contributed by atoms with Gasteiger partial charge in [0.2, 0.25) is 0 Å². The van der Waals surface area contributed by atoms with Gasteiger partial charge >= 0.3 is 0 Å². The Labute approximate surface area is 215 Å². The molecule has 2 aliphatic rings. The summed E-state index contributed by atoms with van der Waals surface area (Å²) in [6.45, 7) is 0.387. The lowest BCUT2D eigenvalue weighted by atomic mass is 10.1. The van der Waals surface area contributed by atoms with Crippen LogP contribution < -0.4 is 9.47 Å². The fourth-order valence-corrected chi connectivity index (χ4v) is 5.24. The van der Waals surface area contributed by atoms with E-state index in [0.717, 1.165) is 16.8 Å². The second-order valence-corrected chi connectivity index (χ2v) is 9.43. The molecule has 35 heavy (non-hydrogen) atoms. The number of nitrogens with zero attached hydrogens (tertiary/aromatic N) is 2. The molecule has 2 aliphatic heterocycles. The van der Waals surface area contributed by atoms with Crippen molar-refractivity contribution in [1.29, 1.82) is 5.41 Å². The second kappa shape index (κ2) is 9.93. The summed E-state index contributed by atoms with van der Waals surface area (Å²) in [7, 11) is 1.57. The first kappa shape index (κ1) is 23.1. The second-order valence-electron chi connectivity index (χ2n) is 7.74. The number of thioether (sulfide) groups is 1. The molecule has 8 heteroatoms. The summed E-state index contributed by atoms with van der Waals surface area (Å²) in [4.78, 5) is 18.8. The number of rotatable bonds is 6. The monoisotopic (exact) mass is 545 g/mol. The minimum Gasteiger partial charge on any atom is -0.493 e. The van der Waals surface area contributed by atoms with Crippen molar-refractivity contribution in [1.82, 2.24) is 4.90 Å². The predicted octanol–water partition coefficient (Wildman–Crippen LogP) is 6.34. The van der Waals surface area contributed by atoms with Gasteiger partial charge in [0.05, 0.1) is 22.9 Å². The SMILES string of the molecule is COc1cc(/C=C2/C(=N)N3C(c4ccccc4)=CSC3=NC2=O)cc(Br)c1OCc1ccccc1. The molecule has 0 aliphatic carbocycles. The van der Waals surface area contributed by atoms with Gasteiger partial charge in [0.1, 0.15) is 12.4 Å². The Bertz CT molecular complexity index is 1400. The number of aliphatic imine (C=N–C) groups is 1. The van der Waals surface area contributed by atoms with Gasteiger partial charge in [-0.3, -0.25) is 15.1 Å². The first-order chi connectivity index (χ1) is 17.0. The molecule has 0 saturated heterocycles. The minimum atomic E-state index is -0.448. The van der Waals surface area contributed by atoms with Crippen LogP contribution in [0.1, 0.15) is 16.7 Å². The van der Waals surface area contributed by atoms with Gasteiger partial charge in [-0.1, -0.05) is 72.4 Å². The molecule has 0 radical (unpaired) electrons. The quantitative estimate of drug-likeness (QED) is 0.365. The van der Waals surface area contributed by atoms with E-state index in [2.05, 4.69) is 20.9 Å². The maximum Gasteiger partial charge on any atom is 0.283 e. The van der Waals surface area contributed by atoms with Crippen LogP contribution in [-0.2, 0) is 11.4 Å². The number of amidine groups is 2. The first-order valence-electron chi connectivity index (χ1n) is 10.8. The summed E-state index contributed by atoms with van der Waals surface area (Å²) >= 11 is 4.91. The van der Waals surface area contributed by atoms with Gasteiger partial charge in [-0.05, 0) is 50.8 Å². The topological polar surface area (TPSA) is 75.0 Å². The number of nitrogens with one attached hydrogen (secondary N) is 1. The Kier molecular flexibility index (Phi) is 6.57. The van der Waals surface area contributed by atoms with E-state index >= 15 is 0 Å². The molecule has 0 unspecified atom stereocenters. The van der Waals surface area contributed by atoms with E-state index in [9.17, 15) is 4.79 Å². The molecule has 0 fully saturated rings. The van der Waals surface area contributed by atoms with Crippen LogP contribution in [0.3, 0.4) is 0 Å². The molecule has 6 nitrogen and oxygen atoms in total. The van der Waals surface area contributed by atoms with Gasteiger partial charge < -0.3 is 9.47 Å². The molecule has 174 valence electrons. The third-order valence-electron chi connectivity index (χ3n) is 5.47. The van der Waals surface area contributed by atoms with Crippen molar-refractivity contribution in [3.63, 3.8) is 0 Å². The highest BCUT2D eigenvalue weighted by atomic mass is 79.9. The number of hydrogen-bond acceptors (Lipinski definition) is 5. The average molecular weight is 546 g/mol. The zero-order valence-corrected chi connectivity index (χ0v) is 21.1. The highest BCUT2D eigenvalue weighted by Crippen LogP contribution is 2.40.